The van der Waals surface area contributed by atoms with Crippen LogP contribution in [0.15, 0.2) is 65.3 Å². The SMILES string of the molecule is N#Cc1ccccc1-c1ccc(Cn2ccc3c4nc(N)nc(N)c4c(Br)cc32)cc1F. The number of benzene rings is 3. The van der Waals surface area contributed by atoms with Crippen LogP contribution in [0.2, 0.25) is 0 Å². The molecule has 0 saturated heterocycles. The first-order valence-corrected chi connectivity index (χ1v) is 10.5. The molecular weight excluding hydrogens is 471 g/mol. The summed E-state index contributed by atoms with van der Waals surface area (Å²) in [5.41, 5.74) is 15.6. The number of aromatic nitrogens is 3. The molecule has 0 aliphatic rings. The minimum Gasteiger partial charge on any atom is -0.383 e. The number of rotatable bonds is 3. The number of nitrogen functional groups attached to an aromatic ring is 2. The highest BCUT2D eigenvalue weighted by Gasteiger charge is 2.15. The first-order valence-electron chi connectivity index (χ1n) is 9.74. The van der Waals surface area contributed by atoms with Crippen LogP contribution in [0.4, 0.5) is 16.2 Å². The van der Waals surface area contributed by atoms with Gasteiger partial charge in [0, 0.05) is 33.7 Å². The fraction of sp³-hybridized carbons (Fsp3) is 0.0417. The Labute approximate surface area is 191 Å². The Balaban J connectivity index is 1.57. The first kappa shape index (κ1) is 20.0. The lowest BCUT2D eigenvalue weighted by Gasteiger charge is -2.11. The van der Waals surface area contributed by atoms with Crippen LogP contribution in [-0.4, -0.2) is 14.5 Å². The third kappa shape index (κ3) is 3.24. The molecule has 156 valence electrons. The third-order valence-electron chi connectivity index (χ3n) is 5.44. The maximum absolute atomic E-state index is 15.0. The molecule has 0 amide bonds. The Hall–Kier alpha value is -3.96. The van der Waals surface area contributed by atoms with Crippen molar-refractivity contribution >= 4 is 49.5 Å². The Morgan fingerprint density at radius 1 is 1.03 bits per heavy atom. The van der Waals surface area contributed by atoms with Gasteiger partial charge in [-0.1, -0.05) is 30.3 Å². The van der Waals surface area contributed by atoms with Crippen LogP contribution in [-0.2, 0) is 6.54 Å². The molecule has 0 aliphatic carbocycles. The molecule has 0 unspecified atom stereocenters. The summed E-state index contributed by atoms with van der Waals surface area (Å²) < 4.78 is 17.7. The largest absolute Gasteiger partial charge is 0.383 e. The van der Waals surface area contributed by atoms with E-state index in [4.69, 9.17) is 11.5 Å². The average molecular weight is 487 g/mol. The van der Waals surface area contributed by atoms with Crippen molar-refractivity contribution in [1.82, 2.24) is 14.5 Å². The second-order valence-corrected chi connectivity index (χ2v) is 8.25. The summed E-state index contributed by atoms with van der Waals surface area (Å²) in [5, 5.41) is 10.9. The van der Waals surface area contributed by atoms with Gasteiger partial charge in [-0.15, -0.1) is 0 Å². The summed E-state index contributed by atoms with van der Waals surface area (Å²) in [6.45, 7) is 0.453. The monoisotopic (exact) mass is 486 g/mol. The first-order chi connectivity index (χ1) is 15.5. The zero-order chi connectivity index (χ0) is 22.4. The topological polar surface area (TPSA) is 107 Å². The highest BCUT2D eigenvalue weighted by molar-refractivity contribution is 9.10. The molecule has 0 atom stereocenters. The summed E-state index contributed by atoms with van der Waals surface area (Å²) in [4.78, 5) is 8.42. The van der Waals surface area contributed by atoms with Crippen molar-refractivity contribution in [1.29, 1.82) is 5.26 Å². The second-order valence-electron chi connectivity index (χ2n) is 7.40. The molecule has 6 nitrogen and oxygen atoms in total. The van der Waals surface area contributed by atoms with E-state index < -0.39 is 0 Å². The van der Waals surface area contributed by atoms with Crippen LogP contribution in [0.1, 0.15) is 11.1 Å². The molecule has 0 fully saturated rings. The molecule has 0 spiro atoms. The van der Waals surface area contributed by atoms with Gasteiger partial charge in [0.25, 0.3) is 0 Å². The third-order valence-corrected chi connectivity index (χ3v) is 6.07. The van der Waals surface area contributed by atoms with E-state index in [0.29, 0.717) is 40.0 Å². The molecule has 5 aromatic rings. The summed E-state index contributed by atoms with van der Waals surface area (Å²) in [6, 6.07) is 18.1. The summed E-state index contributed by atoms with van der Waals surface area (Å²) >= 11 is 3.56. The lowest BCUT2D eigenvalue weighted by Crippen LogP contribution is -2.02. The predicted molar refractivity (Wildman–Crippen MR) is 127 cm³/mol. The van der Waals surface area contributed by atoms with Crippen LogP contribution in [0.25, 0.3) is 32.9 Å². The highest BCUT2D eigenvalue weighted by Crippen LogP contribution is 2.35. The summed E-state index contributed by atoms with van der Waals surface area (Å²) in [6.07, 6.45) is 1.92. The molecule has 4 N–H and O–H groups in total. The van der Waals surface area contributed by atoms with Gasteiger partial charge in [-0.25, -0.2) is 9.37 Å². The van der Waals surface area contributed by atoms with Crippen molar-refractivity contribution < 1.29 is 4.39 Å². The van der Waals surface area contributed by atoms with Gasteiger partial charge in [-0.2, -0.15) is 10.2 Å². The molecule has 0 aliphatic heterocycles. The summed E-state index contributed by atoms with van der Waals surface area (Å²) in [7, 11) is 0. The van der Waals surface area contributed by atoms with Gasteiger partial charge in [0.15, 0.2) is 0 Å². The molecule has 8 heteroatoms. The average Bonchev–Trinajstić information content (AvgIpc) is 3.16. The number of anilines is 2. The van der Waals surface area contributed by atoms with Gasteiger partial charge >= 0.3 is 0 Å². The highest BCUT2D eigenvalue weighted by atomic mass is 79.9. The van der Waals surface area contributed by atoms with Crippen molar-refractivity contribution in [2.24, 2.45) is 0 Å². The van der Waals surface area contributed by atoms with E-state index in [0.717, 1.165) is 20.9 Å². The predicted octanol–water partition coefficient (Wildman–Crippen LogP) is 5.24. The lowest BCUT2D eigenvalue weighted by atomic mass is 9.98. The molecule has 5 rings (SSSR count). The van der Waals surface area contributed by atoms with Gasteiger partial charge in [-0.05, 0) is 45.8 Å². The van der Waals surface area contributed by atoms with E-state index in [9.17, 15) is 9.65 Å². The molecule has 0 saturated carbocycles. The second kappa shape index (κ2) is 7.62. The lowest BCUT2D eigenvalue weighted by molar-refractivity contribution is 0.627. The molecule has 2 aromatic heterocycles. The van der Waals surface area contributed by atoms with Crippen LogP contribution in [0, 0.1) is 17.1 Å². The van der Waals surface area contributed by atoms with E-state index in [1.165, 1.54) is 6.07 Å². The van der Waals surface area contributed by atoms with Gasteiger partial charge < -0.3 is 16.0 Å². The quantitative estimate of drug-likeness (QED) is 0.362. The maximum atomic E-state index is 15.0. The Bertz CT molecular complexity index is 1570. The normalized spacial score (nSPS) is 11.2. The van der Waals surface area contributed by atoms with E-state index in [-0.39, 0.29) is 11.8 Å². The minimum absolute atomic E-state index is 0.109. The zero-order valence-corrected chi connectivity index (χ0v) is 18.3. The number of fused-ring (bicyclic) bond motifs is 3. The van der Waals surface area contributed by atoms with E-state index in [1.54, 1.807) is 30.3 Å². The number of hydrogen-bond acceptors (Lipinski definition) is 5. The number of halogens is 2. The number of nitrogens with two attached hydrogens (primary N) is 2. The van der Waals surface area contributed by atoms with Gasteiger partial charge in [0.05, 0.1) is 28.1 Å². The van der Waals surface area contributed by atoms with E-state index in [2.05, 4.69) is 32.0 Å². The fourth-order valence-corrected chi connectivity index (χ4v) is 4.60. The fourth-order valence-electron chi connectivity index (χ4n) is 3.99. The Morgan fingerprint density at radius 2 is 1.84 bits per heavy atom. The molecule has 2 heterocycles. The standard InChI is InChI=1S/C24H16BrFN6/c25-18-10-20-17(22-21(18)23(28)31-24(29)30-22)7-8-32(20)12-13-5-6-16(19(26)9-13)15-4-2-1-3-14(15)11-27/h1-10H,12H2,(H4,28,29,30,31). The van der Waals surface area contributed by atoms with Gasteiger partial charge in [0.2, 0.25) is 5.95 Å². The number of nitriles is 1. The van der Waals surface area contributed by atoms with Crippen LogP contribution < -0.4 is 11.5 Å². The van der Waals surface area contributed by atoms with Crippen molar-refractivity contribution in [2.75, 3.05) is 11.5 Å². The zero-order valence-electron chi connectivity index (χ0n) is 16.7. The summed E-state index contributed by atoms with van der Waals surface area (Å²) in [5.74, 6) is 0.0448. The Kier molecular flexibility index (Phi) is 4.76. The Morgan fingerprint density at radius 3 is 2.62 bits per heavy atom. The molecule has 0 radical (unpaired) electrons. The van der Waals surface area contributed by atoms with Crippen molar-refractivity contribution in [2.45, 2.75) is 6.54 Å². The molecule has 3 aromatic carbocycles. The van der Waals surface area contributed by atoms with Crippen molar-refractivity contribution in [3.05, 3.63) is 82.2 Å². The van der Waals surface area contributed by atoms with Crippen molar-refractivity contribution in [3.63, 3.8) is 0 Å². The minimum atomic E-state index is -0.374. The number of nitrogens with zero attached hydrogens (tertiary/aromatic N) is 4. The molecule has 0 bridgehead atoms. The van der Waals surface area contributed by atoms with Crippen LogP contribution in [0.5, 0.6) is 0 Å². The van der Waals surface area contributed by atoms with E-state index >= 15 is 0 Å². The van der Waals surface area contributed by atoms with Gasteiger partial charge in [-0.3, -0.25) is 0 Å². The van der Waals surface area contributed by atoms with Gasteiger partial charge in [0.1, 0.15) is 11.6 Å². The van der Waals surface area contributed by atoms with Crippen molar-refractivity contribution in [3.8, 4) is 17.2 Å². The molecule has 32 heavy (non-hydrogen) atoms. The van der Waals surface area contributed by atoms with Crippen LogP contribution in [0.3, 0.4) is 0 Å². The maximum Gasteiger partial charge on any atom is 0.222 e. The molecular formula is C24H16BrFN6. The van der Waals surface area contributed by atoms with E-state index in [1.807, 2.05) is 29.0 Å². The number of hydrogen-bond donors (Lipinski definition) is 2. The smallest absolute Gasteiger partial charge is 0.222 e. The van der Waals surface area contributed by atoms with Crippen LogP contribution >= 0.6 is 15.9 Å².